The highest BCUT2D eigenvalue weighted by Crippen LogP contribution is 2.00. The van der Waals surface area contributed by atoms with Crippen molar-refractivity contribution in [1.82, 2.24) is 5.32 Å². The Kier molecular flexibility index (Phi) is 6.86. The lowest BCUT2D eigenvalue weighted by atomic mass is 10.1. The van der Waals surface area contributed by atoms with E-state index in [-0.39, 0.29) is 26.0 Å². The molecule has 1 atom stereocenters. The van der Waals surface area contributed by atoms with Crippen LogP contribution in [0.15, 0.2) is 0 Å². The number of hydrogen-bond acceptors (Lipinski definition) is 5. The summed E-state index contributed by atoms with van der Waals surface area (Å²) in [6.07, 6.45) is 0.105. The van der Waals surface area contributed by atoms with Crippen LogP contribution in [0.25, 0.3) is 0 Å². The number of amides is 2. The fourth-order valence-electron chi connectivity index (χ4n) is 1.03. The Bertz CT molecular complexity index is 267. The van der Waals surface area contributed by atoms with E-state index >= 15 is 0 Å². The van der Waals surface area contributed by atoms with Crippen LogP contribution >= 0.6 is 0 Å². The Balaban J connectivity index is 4.31. The van der Waals surface area contributed by atoms with Gasteiger partial charge in [0.2, 0.25) is 11.8 Å². The Hall–Kier alpha value is -1.63. The molecule has 5 N–H and O–H groups in total. The van der Waals surface area contributed by atoms with Gasteiger partial charge in [0.1, 0.15) is 6.04 Å². The van der Waals surface area contributed by atoms with Crippen LogP contribution in [0, 0.1) is 0 Å². The molecule has 0 aromatic carbocycles. The van der Waals surface area contributed by atoms with Crippen molar-refractivity contribution in [3.63, 3.8) is 0 Å². The summed E-state index contributed by atoms with van der Waals surface area (Å²) in [5.41, 5.74) is 10.0. The SMILES string of the molecule is CCOC(=O)[C@H](CCC(N)=O)NC(=O)CN. The molecule has 0 rings (SSSR count). The summed E-state index contributed by atoms with van der Waals surface area (Å²) < 4.78 is 4.74. The third kappa shape index (κ3) is 5.97. The molecule has 0 radical (unpaired) electrons. The van der Waals surface area contributed by atoms with Gasteiger partial charge in [0.05, 0.1) is 13.2 Å². The Morgan fingerprint density at radius 2 is 2.00 bits per heavy atom. The molecular formula is C9H17N3O4. The van der Waals surface area contributed by atoms with E-state index in [0.717, 1.165) is 0 Å². The summed E-state index contributed by atoms with van der Waals surface area (Å²) in [5.74, 6) is -1.62. The molecule has 0 saturated carbocycles. The minimum atomic E-state index is -0.872. The van der Waals surface area contributed by atoms with Gasteiger partial charge in [0.25, 0.3) is 0 Å². The van der Waals surface area contributed by atoms with Crippen LogP contribution in [0.4, 0.5) is 0 Å². The molecule has 0 bridgehead atoms. The molecule has 0 saturated heterocycles. The van der Waals surface area contributed by atoms with Crippen LogP contribution in [-0.2, 0) is 19.1 Å². The molecule has 0 aliphatic carbocycles. The molecule has 0 spiro atoms. The highest BCUT2D eigenvalue weighted by molar-refractivity contribution is 5.86. The predicted molar refractivity (Wildman–Crippen MR) is 56.0 cm³/mol. The van der Waals surface area contributed by atoms with E-state index < -0.39 is 23.8 Å². The lowest BCUT2D eigenvalue weighted by Gasteiger charge is -2.15. The smallest absolute Gasteiger partial charge is 0.328 e. The zero-order valence-electron chi connectivity index (χ0n) is 9.19. The third-order valence-electron chi connectivity index (χ3n) is 1.77. The summed E-state index contributed by atoms with van der Waals surface area (Å²) in [4.78, 5) is 33.0. The number of ether oxygens (including phenoxy) is 1. The van der Waals surface area contributed by atoms with E-state index in [0.29, 0.717) is 0 Å². The van der Waals surface area contributed by atoms with Crippen molar-refractivity contribution in [1.29, 1.82) is 0 Å². The van der Waals surface area contributed by atoms with Gasteiger partial charge in [-0.05, 0) is 13.3 Å². The topological polar surface area (TPSA) is 125 Å². The van der Waals surface area contributed by atoms with Gasteiger partial charge in [-0.2, -0.15) is 0 Å². The first-order valence-electron chi connectivity index (χ1n) is 4.95. The average Bonchev–Trinajstić information content (AvgIpc) is 2.23. The molecular weight excluding hydrogens is 214 g/mol. The molecule has 0 fully saturated rings. The lowest BCUT2D eigenvalue weighted by Crippen LogP contribution is -2.44. The van der Waals surface area contributed by atoms with Gasteiger partial charge < -0.3 is 21.5 Å². The summed E-state index contributed by atoms with van der Waals surface area (Å²) in [6, 6.07) is -0.872. The molecule has 2 amide bonds. The lowest BCUT2D eigenvalue weighted by molar-refractivity contribution is -0.147. The Labute approximate surface area is 93.5 Å². The van der Waals surface area contributed by atoms with Crippen LogP contribution in [0.5, 0.6) is 0 Å². The van der Waals surface area contributed by atoms with Crippen molar-refractivity contribution in [3.05, 3.63) is 0 Å². The van der Waals surface area contributed by atoms with Gasteiger partial charge >= 0.3 is 5.97 Å². The van der Waals surface area contributed by atoms with Gasteiger partial charge in [0.15, 0.2) is 0 Å². The summed E-state index contributed by atoms with van der Waals surface area (Å²) in [7, 11) is 0. The standard InChI is InChI=1S/C9H17N3O4/c1-2-16-9(15)6(3-4-7(11)13)12-8(14)5-10/h6H,2-5,10H2,1H3,(H2,11,13)(H,12,14)/t6-/m0/s1. The van der Waals surface area contributed by atoms with Crippen LogP contribution in [0.1, 0.15) is 19.8 Å². The summed E-state index contributed by atoms with van der Waals surface area (Å²) in [5, 5.41) is 2.36. The fourth-order valence-corrected chi connectivity index (χ4v) is 1.03. The van der Waals surface area contributed by atoms with E-state index in [1.807, 2.05) is 0 Å². The highest BCUT2D eigenvalue weighted by Gasteiger charge is 2.21. The van der Waals surface area contributed by atoms with E-state index in [9.17, 15) is 14.4 Å². The summed E-state index contributed by atoms with van der Waals surface area (Å²) in [6.45, 7) is 1.62. The second-order valence-corrected chi connectivity index (χ2v) is 3.08. The number of rotatable bonds is 7. The van der Waals surface area contributed by atoms with Gasteiger partial charge in [-0.25, -0.2) is 4.79 Å². The van der Waals surface area contributed by atoms with Crippen LogP contribution in [0.2, 0.25) is 0 Å². The maximum atomic E-state index is 11.4. The second-order valence-electron chi connectivity index (χ2n) is 3.08. The number of hydrogen-bond donors (Lipinski definition) is 3. The fraction of sp³-hybridized carbons (Fsp3) is 0.667. The van der Waals surface area contributed by atoms with Crippen LogP contribution < -0.4 is 16.8 Å². The van der Waals surface area contributed by atoms with Crippen molar-refractivity contribution < 1.29 is 19.1 Å². The number of primary amides is 1. The van der Waals surface area contributed by atoms with Crippen molar-refractivity contribution in [2.75, 3.05) is 13.2 Å². The molecule has 0 heterocycles. The second kappa shape index (κ2) is 7.63. The first kappa shape index (κ1) is 14.4. The summed E-state index contributed by atoms with van der Waals surface area (Å²) >= 11 is 0. The monoisotopic (exact) mass is 231 g/mol. The zero-order valence-corrected chi connectivity index (χ0v) is 9.19. The van der Waals surface area contributed by atoms with E-state index in [1.54, 1.807) is 6.92 Å². The van der Waals surface area contributed by atoms with E-state index in [4.69, 9.17) is 16.2 Å². The Morgan fingerprint density at radius 1 is 1.38 bits per heavy atom. The normalized spacial score (nSPS) is 11.6. The largest absolute Gasteiger partial charge is 0.464 e. The minimum absolute atomic E-state index is 0.00562. The average molecular weight is 231 g/mol. The molecule has 92 valence electrons. The third-order valence-corrected chi connectivity index (χ3v) is 1.77. The van der Waals surface area contributed by atoms with Crippen molar-refractivity contribution in [2.45, 2.75) is 25.8 Å². The molecule has 16 heavy (non-hydrogen) atoms. The quantitative estimate of drug-likeness (QED) is 0.448. The molecule has 0 aromatic heterocycles. The van der Waals surface area contributed by atoms with Crippen molar-refractivity contribution >= 4 is 17.8 Å². The first-order chi connectivity index (χ1) is 7.51. The van der Waals surface area contributed by atoms with Gasteiger partial charge in [-0.1, -0.05) is 0 Å². The maximum absolute atomic E-state index is 11.4. The predicted octanol–water partition coefficient (Wildman–Crippen LogP) is -1.74. The zero-order chi connectivity index (χ0) is 12.6. The number of carbonyl (C=O) groups excluding carboxylic acids is 3. The molecule has 0 unspecified atom stereocenters. The van der Waals surface area contributed by atoms with Crippen LogP contribution in [-0.4, -0.2) is 37.0 Å². The number of esters is 1. The molecule has 7 nitrogen and oxygen atoms in total. The van der Waals surface area contributed by atoms with Crippen molar-refractivity contribution in [2.24, 2.45) is 11.5 Å². The van der Waals surface area contributed by atoms with Gasteiger partial charge in [-0.3, -0.25) is 9.59 Å². The first-order valence-corrected chi connectivity index (χ1v) is 4.95. The number of nitrogens with two attached hydrogens (primary N) is 2. The van der Waals surface area contributed by atoms with Gasteiger partial charge in [-0.15, -0.1) is 0 Å². The van der Waals surface area contributed by atoms with Crippen LogP contribution in [0.3, 0.4) is 0 Å². The number of nitrogens with one attached hydrogen (secondary N) is 1. The molecule has 7 heteroatoms. The van der Waals surface area contributed by atoms with Gasteiger partial charge in [0, 0.05) is 6.42 Å². The van der Waals surface area contributed by atoms with E-state index in [2.05, 4.69) is 5.32 Å². The minimum Gasteiger partial charge on any atom is -0.464 e. The number of carbonyl (C=O) groups is 3. The maximum Gasteiger partial charge on any atom is 0.328 e. The highest BCUT2D eigenvalue weighted by atomic mass is 16.5. The Morgan fingerprint density at radius 3 is 2.44 bits per heavy atom. The molecule has 0 aliphatic rings. The van der Waals surface area contributed by atoms with E-state index in [1.165, 1.54) is 0 Å². The molecule has 0 aromatic rings. The molecule has 0 aliphatic heterocycles. The van der Waals surface area contributed by atoms with Crippen molar-refractivity contribution in [3.8, 4) is 0 Å².